The Morgan fingerprint density at radius 2 is 1.72 bits per heavy atom. The summed E-state index contributed by atoms with van der Waals surface area (Å²) in [5.74, 6) is -0.492. The van der Waals surface area contributed by atoms with Gasteiger partial charge in [-0.25, -0.2) is 13.2 Å². The monoisotopic (exact) mass is 360 g/mol. The van der Waals surface area contributed by atoms with Gasteiger partial charge in [0.2, 0.25) is 0 Å². The molecule has 3 rings (SSSR count). The fourth-order valence-electron chi connectivity index (χ4n) is 2.95. The molecule has 25 heavy (non-hydrogen) atoms. The summed E-state index contributed by atoms with van der Waals surface area (Å²) >= 11 is 0. The van der Waals surface area contributed by atoms with Gasteiger partial charge in [-0.1, -0.05) is 18.2 Å². The highest BCUT2D eigenvalue weighted by molar-refractivity contribution is 7.92. The van der Waals surface area contributed by atoms with Crippen molar-refractivity contribution < 1.29 is 12.8 Å². The lowest BCUT2D eigenvalue weighted by Crippen LogP contribution is -2.16. The van der Waals surface area contributed by atoms with Crippen molar-refractivity contribution in [2.75, 3.05) is 4.72 Å². The second-order valence-electron chi connectivity index (χ2n) is 6.07. The third kappa shape index (κ3) is 2.95. The van der Waals surface area contributed by atoms with E-state index in [9.17, 15) is 13.2 Å². The average molecular weight is 360 g/mol. The summed E-state index contributed by atoms with van der Waals surface area (Å²) in [6.07, 6.45) is 0. The fourth-order valence-corrected chi connectivity index (χ4v) is 4.39. The lowest BCUT2D eigenvalue weighted by atomic mass is 10.1. The molecule has 0 fully saturated rings. The highest BCUT2D eigenvalue weighted by Crippen LogP contribution is 2.27. The van der Waals surface area contributed by atoms with Crippen LogP contribution < -0.4 is 10.5 Å². The molecular weight excluding hydrogens is 340 g/mol. The van der Waals surface area contributed by atoms with Gasteiger partial charge in [0, 0.05) is 12.6 Å². The zero-order chi connectivity index (χ0) is 18.4. The first kappa shape index (κ1) is 17.3. The normalized spacial score (nSPS) is 11.8. The van der Waals surface area contributed by atoms with Crippen molar-refractivity contribution in [2.45, 2.75) is 39.1 Å². The van der Waals surface area contributed by atoms with E-state index in [1.807, 2.05) is 39.0 Å². The third-order valence-electron chi connectivity index (χ3n) is 4.29. The van der Waals surface area contributed by atoms with Crippen LogP contribution in [0, 0.1) is 20.8 Å². The second-order valence-corrected chi connectivity index (χ2v) is 7.72. The first-order valence-electron chi connectivity index (χ1n) is 7.97. The van der Waals surface area contributed by atoms with E-state index >= 15 is 0 Å². The molecule has 1 heterocycles. The molecule has 0 aliphatic heterocycles. The number of sulfonamides is 1. The molecule has 0 aliphatic rings. The van der Waals surface area contributed by atoms with Gasteiger partial charge in [-0.15, -0.1) is 0 Å². The quantitative estimate of drug-likeness (QED) is 0.774. The molecule has 0 radical (unpaired) electrons. The largest absolute Gasteiger partial charge is 0.419 e. The van der Waals surface area contributed by atoms with Crippen LogP contribution in [0.25, 0.3) is 11.1 Å². The Morgan fingerprint density at radius 1 is 1.08 bits per heavy atom. The van der Waals surface area contributed by atoms with Crippen molar-refractivity contribution in [1.29, 1.82) is 0 Å². The van der Waals surface area contributed by atoms with Gasteiger partial charge in [-0.05, 0) is 50.5 Å². The van der Waals surface area contributed by atoms with E-state index in [0.29, 0.717) is 23.3 Å². The van der Waals surface area contributed by atoms with Crippen molar-refractivity contribution in [2.24, 2.45) is 0 Å². The van der Waals surface area contributed by atoms with E-state index < -0.39 is 15.8 Å². The number of anilines is 1. The standard InChI is InChI=1S/C18H20N2O4S/c1-5-20-14-9-13(4)16(10-15(14)24-18(20)21)25(22,23)19-17-11(2)7-6-8-12(17)3/h6-10,19H,5H2,1-4H3. The highest BCUT2D eigenvalue weighted by atomic mass is 32.2. The number of aromatic nitrogens is 1. The van der Waals surface area contributed by atoms with Gasteiger partial charge >= 0.3 is 5.76 Å². The maximum absolute atomic E-state index is 12.9. The van der Waals surface area contributed by atoms with Gasteiger partial charge < -0.3 is 4.42 Å². The number of hydrogen-bond acceptors (Lipinski definition) is 4. The maximum atomic E-state index is 12.9. The molecule has 0 saturated carbocycles. The van der Waals surface area contributed by atoms with Crippen LogP contribution >= 0.6 is 0 Å². The molecule has 0 unspecified atom stereocenters. The van der Waals surface area contributed by atoms with Gasteiger partial charge in [0.15, 0.2) is 5.58 Å². The number of para-hydroxylation sites is 1. The molecule has 1 N–H and O–H groups in total. The molecule has 0 spiro atoms. The van der Waals surface area contributed by atoms with Gasteiger partial charge in [0.1, 0.15) is 0 Å². The van der Waals surface area contributed by atoms with Gasteiger partial charge in [-0.2, -0.15) is 0 Å². The van der Waals surface area contributed by atoms with Gasteiger partial charge in [-0.3, -0.25) is 9.29 Å². The molecular formula is C18H20N2O4S. The van der Waals surface area contributed by atoms with Crippen LogP contribution in [0.4, 0.5) is 5.69 Å². The zero-order valence-corrected chi connectivity index (χ0v) is 15.4. The van der Waals surface area contributed by atoms with Gasteiger partial charge in [0.05, 0.1) is 16.1 Å². The topological polar surface area (TPSA) is 81.3 Å². The Hall–Kier alpha value is -2.54. The van der Waals surface area contributed by atoms with E-state index in [2.05, 4.69) is 4.72 Å². The molecule has 0 saturated heterocycles. The van der Waals surface area contributed by atoms with Crippen LogP contribution in [0.1, 0.15) is 23.6 Å². The Labute approximate surface area is 146 Å². The Balaban J connectivity index is 2.14. The van der Waals surface area contributed by atoms with Crippen molar-refractivity contribution in [3.63, 3.8) is 0 Å². The molecule has 3 aromatic rings. The van der Waals surface area contributed by atoms with E-state index in [1.165, 1.54) is 10.6 Å². The minimum Gasteiger partial charge on any atom is -0.408 e. The van der Waals surface area contributed by atoms with Crippen LogP contribution in [-0.2, 0) is 16.6 Å². The molecule has 0 amide bonds. The summed E-state index contributed by atoms with van der Waals surface area (Å²) < 4.78 is 35.1. The highest BCUT2D eigenvalue weighted by Gasteiger charge is 2.21. The average Bonchev–Trinajstić information content (AvgIpc) is 2.84. The number of nitrogens with one attached hydrogen (secondary N) is 1. The number of aryl methyl sites for hydroxylation is 4. The predicted octanol–water partition coefficient (Wildman–Crippen LogP) is 3.34. The summed E-state index contributed by atoms with van der Waals surface area (Å²) in [6.45, 7) is 7.69. The van der Waals surface area contributed by atoms with Crippen molar-refractivity contribution in [3.05, 3.63) is 57.6 Å². The van der Waals surface area contributed by atoms with E-state index in [0.717, 1.165) is 11.1 Å². The molecule has 0 bridgehead atoms. The molecule has 2 aromatic carbocycles. The van der Waals surface area contributed by atoms with Crippen molar-refractivity contribution >= 4 is 26.8 Å². The van der Waals surface area contributed by atoms with Crippen LogP contribution in [0.3, 0.4) is 0 Å². The summed E-state index contributed by atoms with van der Waals surface area (Å²) in [5, 5.41) is 0. The van der Waals surface area contributed by atoms with Crippen molar-refractivity contribution in [1.82, 2.24) is 4.57 Å². The number of rotatable bonds is 4. The van der Waals surface area contributed by atoms with Crippen LogP contribution in [0.5, 0.6) is 0 Å². The summed E-state index contributed by atoms with van der Waals surface area (Å²) in [6, 6.07) is 8.65. The Morgan fingerprint density at radius 3 is 2.32 bits per heavy atom. The Bertz CT molecular complexity index is 1100. The summed E-state index contributed by atoms with van der Waals surface area (Å²) in [4.78, 5) is 12.0. The lowest BCUT2D eigenvalue weighted by molar-refractivity contribution is 0.512. The molecule has 1 aromatic heterocycles. The molecule has 0 atom stereocenters. The van der Waals surface area contributed by atoms with E-state index in [1.54, 1.807) is 13.0 Å². The first-order valence-corrected chi connectivity index (χ1v) is 9.46. The number of benzene rings is 2. The summed E-state index contributed by atoms with van der Waals surface area (Å²) in [7, 11) is -3.81. The smallest absolute Gasteiger partial charge is 0.408 e. The third-order valence-corrected chi connectivity index (χ3v) is 5.78. The molecule has 132 valence electrons. The van der Waals surface area contributed by atoms with Crippen LogP contribution in [0.15, 0.2) is 44.4 Å². The molecule has 7 heteroatoms. The SMILES string of the molecule is CCn1c(=O)oc2cc(S(=O)(=O)Nc3c(C)cccc3C)c(C)cc21. The van der Waals surface area contributed by atoms with E-state index in [-0.39, 0.29) is 10.5 Å². The van der Waals surface area contributed by atoms with Crippen LogP contribution in [-0.4, -0.2) is 13.0 Å². The molecule has 0 aliphatic carbocycles. The maximum Gasteiger partial charge on any atom is 0.419 e. The number of fused-ring (bicyclic) bond motifs is 1. The number of nitrogens with zero attached hydrogens (tertiary/aromatic N) is 1. The minimum absolute atomic E-state index is 0.0969. The molecule has 6 nitrogen and oxygen atoms in total. The van der Waals surface area contributed by atoms with Crippen molar-refractivity contribution in [3.8, 4) is 0 Å². The van der Waals surface area contributed by atoms with E-state index in [4.69, 9.17) is 4.42 Å². The summed E-state index contributed by atoms with van der Waals surface area (Å²) in [5.41, 5.74) is 3.65. The number of hydrogen-bond donors (Lipinski definition) is 1. The Kier molecular flexibility index (Phi) is 4.20. The predicted molar refractivity (Wildman–Crippen MR) is 97.6 cm³/mol. The van der Waals surface area contributed by atoms with Gasteiger partial charge in [0.25, 0.3) is 10.0 Å². The lowest BCUT2D eigenvalue weighted by Gasteiger charge is -2.14. The van der Waals surface area contributed by atoms with Crippen LogP contribution in [0.2, 0.25) is 0 Å². The fraction of sp³-hybridized carbons (Fsp3) is 0.278. The first-order chi connectivity index (χ1) is 11.7. The second kappa shape index (κ2) is 6.07. The minimum atomic E-state index is -3.81. The number of oxazole rings is 1. The zero-order valence-electron chi connectivity index (χ0n) is 14.6.